The maximum atomic E-state index is 10.9. The Morgan fingerprint density at radius 1 is 0.627 bits per heavy atom. The van der Waals surface area contributed by atoms with Gasteiger partial charge in [-0.05, 0) is 81.2 Å². The van der Waals surface area contributed by atoms with Gasteiger partial charge in [0, 0.05) is 38.2 Å². The third kappa shape index (κ3) is 7.50. The van der Waals surface area contributed by atoms with E-state index in [1.165, 1.54) is 11.1 Å². The van der Waals surface area contributed by atoms with Crippen LogP contribution in [0.5, 0.6) is 5.75 Å². The third-order valence-electron chi connectivity index (χ3n) is 9.01. The van der Waals surface area contributed by atoms with Crippen LogP contribution in [0.2, 0.25) is 0 Å². The van der Waals surface area contributed by atoms with Crippen molar-refractivity contribution in [3.8, 4) is 39.7 Å². The molecule has 258 valence electrons. The van der Waals surface area contributed by atoms with Gasteiger partial charge in [-0.3, -0.25) is 4.98 Å². The van der Waals surface area contributed by atoms with Crippen molar-refractivity contribution in [2.45, 2.75) is 52.4 Å². The number of benzene rings is 5. The molecule has 0 saturated heterocycles. The van der Waals surface area contributed by atoms with Gasteiger partial charge >= 0.3 is 0 Å². The van der Waals surface area contributed by atoms with E-state index in [0.717, 1.165) is 44.8 Å². The van der Waals surface area contributed by atoms with E-state index >= 15 is 0 Å². The maximum absolute atomic E-state index is 10.9. The molecular formula is C45H41N4OPt-. The van der Waals surface area contributed by atoms with Crippen LogP contribution in [-0.4, -0.2) is 20.1 Å². The van der Waals surface area contributed by atoms with E-state index in [1.807, 2.05) is 60.8 Å². The van der Waals surface area contributed by atoms with Crippen molar-refractivity contribution in [3.05, 3.63) is 151 Å². The first-order chi connectivity index (χ1) is 24.0. The molecular weight excluding hydrogens is 808 g/mol. The van der Waals surface area contributed by atoms with Crippen LogP contribution >= 0.6 is 0 Å². The summed E-state index contributed by atoms with van der Waals surface area (Å²) in [5.74, 6) is 1.36. The Hall–Kier alpha value is -5.12. The van der Waals surface area contributed by atoms with Crippen molar-refractivity contribution in [1.82, 2.24) is 15.0 Å². The second-order valence-electron chi connectivity index (χ2n) is 14.7. The summed E-state index contributed by atoms with van der Waals surface area (Å²) in [6.07, 6.45) is 1.81. The number of nitrogens with zero attached hydrogens (tertiary/aromatic N) is 4. The van der Waals surface area contributed by atoms with Crippen LogP contribution < -0.4 is 4.90 Å². The van der Waals surface area contributed by atoms with Crippen molar-refractivity contribution in [2.24, 2.45) is 0 Å². The maximum Gasteiger partial charge on any atom is 0.154 e. The summed E-state index contributed by atoms with van der Waals surface area (Å²) in [4.78, 5) is 17.1. The van der Waals surface area contributed by atoms with Crippen LogP contribution in [0, 0.1) is 6.07 Å². The van der Waals surface area contributed by atoms with Crippen LogP contribution in [0.1, 0.15) is 52.7 Å². The van der Waals surface area contributed by atoms with E-state index in [1.54, 1.807) is 6.07 Å². The Morgan fingerprint density at radius 2 is 1.27 bits per heavy atom. The van der Waals surface area contributed by atoms with Crippen molar-refractivity contribution < 1.29 is 26.2 Å². The number of phenols is 1. The first-order valence-electron chi connectivity index (χ1n) is 17.0. The largest absolute Gasteiger partial charge is 0.507 e. The Kier molecular flexibility index (Phi) is 9.97. The summed E-state index contributed by atoms with van der Waals surface area (Å²) in [5.41, 5.74) is 8.02. The SMILES string of the molecule is CC(C)(C)c1cc(-c2cc(-c3[c-]c(N(c4ccccn4)c4cccc5ccccc45)ccc3)nc(-c3ccccc3O)n2)cc(C(C)(C)C)c1.[Pt]. The standard InChI is InChI=1S/C45H41N4O.Pt/c1-44(2,3)33-25-32(26-34(28-33)45(4,5)6)39-29-38(47-43(48-39)37-20-9-10-22-41(37)50)31-17-13-18-35(27-31)49(42-23-11-12-24-46-42)40-21-14-16-30-15-7-8-19-36(30)40;/h7-26,28-29,50H,1-6H3;/q-1;. The van der Waals surface area contributed by atoms with Crippen molar-refractivity contribution >= 4 is 28.0 Å². The molecule has 0 amide bonds. The summed E-state index contributed by atoms with van der Waals surface area (Å²) in [7, 11) is 0. The van der Waals surface area contributed by atoms with Crippen LogP contribution in [0.3, 0.4) is 0 Å². The normalized spacial score (nSPS) is 11.6. The molecule has 0 radical (unpaired) electrons. The molecule has 6 heteroatoms. The molecule has 5 aromatic carbocycles. The zero-order valence-corrected chi connectivity index (χ0v) is 32.0. The monoisotopic (exact) mass is 848 g/mol. The fourth-order valence-electron chi connectivity index (χ4n) is 6.16. The minimum atomic E-state index is -0.0644. The topological polar surface area (TPSA) is 62.1 Å². The van der Waals surface area contributed by atoms with Crippen LogP contribution in [-0.2, 0) is 31.9 Å². The number of hydrogen-bond acceptors (Lipinski definition) is 5. The molecule has 0 atom stereocenters. The van der Waals surface area contributed by atoms with E-state index in [2.05, 4.69) is 119 Å². The molecule has 0 fully saturated rings. The third-order valence-corrected chi connectivity index (χ3v) is 9.01. The molecule has 2 aromatic heterocycles. The zero-order chi connectivity index (χ0) is 35.0. The predicted molar refractivity (Wildman–Crippen MR) is 206 cm³/mol. The average Bonchev–Trinajstić information content (AvgIpc) is 3.11. The molecule has 7 aromatic rings. The number of rotatable bonds is 6. The number of anilines is 3. The Bertz CT molecular complexity index is 2290. The van der Waals surface area contributed by atoms with Gasteiger partial charge in [-0.1, -0.05) is 108 Å². The molecule has 0 unspecified atom stereocenters. The van der Waals surface area contributed by atoms with Gasteiger partial charge in [-0.25, -0.2) is 9.97 Å². The second kappa shape index (κ2) is 14.2. The molecule has 0 bridgehead atoms. The van der Waals surface area contributed by atoms with Crippen molar-refractivity contribution in [2.75, 3.05) is 4.90 Å². The number of para-hydroxylation sites is 1. The van der Waals surface area contributed by atoms with E-state index in [9.17, 15) is 5.11 Å². The van der Waals surface area contributed by atoms with Gasteiger partial charge in [0.15, 0.2) is 5.82 Å². The quantitative estimate of drug-likeness (QED) is 0.169. The first kappa shape index (κ1) is 35.7. The molecule has 2 heterocycles. The smallest absolute Gasteiger partial charge is 0.154 e. The number of aromatic hydroxyl groups is 1. The summed E-state index contributed by atoms with van der Waals surface area (Å²) < 4.78 is 0. The van der Waals surface area contributed by atoms with Gasteiger partial charge in [0.2, 0.25) is 0 Å². The average molecular weight is 849 g/mol. The summed E-state index contributed by atoms with van der Waals surface area (Å²) in [5, 5.41) is 13.2. The molecule has 1 N–H and O–H groups in total. The molecule has 0 spiro atoms. The Morgan fingerprint density at radius 3 is 1.98 bits per heavy atom. The molecule has 51 heavy (non-hydrogen) atoms. The predicted octanol–water partition coefficient (Wildman–Crippen LogP) is 11.6. The van der Waals surface area contributed by atoms with Crippen molar-refractivity contribution in [1.29, 1.82) is 0 Å². The number of fused-ring (bicyclic) bond motifs is 1. The summed E-state index contributed by atoms with van der Waals surface area (Å²) >= 11 is 0. The number of phenolic OH excluding ortho intramolecular Hbond substituents is 1. The first-order valence-corrected chi connectivity index (χ1v) is 17.0. The van der Waals surface area contributed by atoms with E-state index in [0.29, 0.717) is 17.1 Å². The number of pyridine rings is 1. The number of hydrogen-bond donors (Lipinski definition) is 1. The van der Waals surface area contributed by atoms with Gasteiger partial charge in [0.05, 0.1) is 16.9 Å². The fourth-order valence-corrected chi connectivity index (χ4v) is 6.16. The Balaban J connectivity index is 0.00000448. The van der Waals surface area contributed by atoms with E-state index in [4.69, 9.17) is 15.0 Å². The van der Waals surface area contributed by atoms with E-state index in [-0.39, 0.29) is 37.6 Å². The molecule has 5 nitrogen and oxygen atoms in total. The Labute approximate surface area is 315 Å². The van der Waals surface area contributed by atoms with Crippen LogP contribution in [0.15, 0.2) is 134 Å². The minimum Gasteiger partial charge on any atom is -0.507 e. The summed E-state index contributed by atoms with van der Waals surface area (Å²) in [6, 6.07) is 46.5. The van der Waals surface area contributed by atoms with Gasteiger partial charge in [-0.2, -0.15) is 0 Å². The van der Waals surface area contributed by atoms with Gasteiger partial charge in [-0.15, -0.1) is 29.8 Å². The second-order valence-corrected chi connectivity index (χ2v) is 14.7. The molecule has 0 saturated carbocycles. The van der Waals surface area contributed by atoms with E-state index < -0.39 is 0 Å². The van der Waals surface area contributed by atoms with Gasteiger partial charge in [0.25, 0.3) is 0 Å². The number of aromatic nitrogens is 3. The fraction of sp³-hybridized carbons (Fsp3) is 0.178. The van der Waals surface area contributed by atoms with Gasteiger partial charge < -0.3 is 10.0 Å². The molecule has 0 aliphatic rings. The minimum absolute atomic E-state index is 0. The van der Waals surface area contributed by atoms with Crippen LogP contribution in [0.4, 0.5) is 17.2 Å². The zero-order valence-electron chi connectivity index (χ0n) is 29.8. The van der Waals surface area contributed by atoms with Crippen LogP contribution in [0.25, 0.3) is 44.7 Å². The van der Waals surface area contributed by atoms with Crippen molar-refractivity contribution in [3.63, 3.8) is 0 Å². The van der Waals surface area contributed by atoms with Gasteiger partial charge in [0.1, 0.15) is 11.6 Å². The molecule has 7 rings (SSSR count). The molecule has 0 aliphatic carbocycles. The molecule has 0 aliphatic heterocycles. The summed E-state index contributed by atoms with van der Waals surface area (Å²) in [6.45, 7) is 13.4.